The molecule has 0 N–H and O–H groups in total. The van der Waals surface area contributed by atoms with Crippen LogP contribution in [0.3, 0.4) is 0 Å². The SMILES string of the molecule is COC(=O)/C(=C\c1ccccc1)[c-]1cccc1.[C-]#[O+].[C-]#[O+].[Fe]. The van der Waals surface area contributed by atoms with Gasteiger partial charge in [-0.05, 0) is 5.57 Å². The van der Waals surface area contributed by atoms with E-state index in [2.05, 4.69) is 13.3 Å². The van der Waals surface area contributed by atoms with E-state index in [1.807, 2.05) is 60.7 Å². The minimum Gasteiger partial charge on any atom is 0 e. The van der Waals surface area contributed by atoms with Gasteiger partial charge in [0.2, 0.25) is 0 Å². The summed E-state index contributed by atoms with van der Waals surface area (Å²) < 4.78 is 19.8. The van der Waals surface area contributed by atoms with Crippen LogP contribution in [0.1, 0.15) is 11.1 Å². The third-order valence-corrected chi connectivity index (χ3v) is 2.49. The van der Waals surface area contributed by atoms with Crippen LogP contribution in [0.4, 0.5) is 0 Å². The van der Waals surface area contributed by atoms with Crippen LogP contribution in [-0.4, -0.2) is 13.1 Å². The maximum Gasteiger partial charge on any atom is 0 e. The average molecular weight is 337 g/mol. The monoisotopic (exact) mass is 337 g/mol. The van der Waals surface area contributed by atoms with Crippen molar-refractivity contribution in [2.45, 2.75) is 0 Å². The minimum absolute atomic E-state index is 0. The van der Waals surface area contributed by atoms with Gasteiger partial charge in [-0.1, -0.05) is 41.5 Å². The smallest absolute Gasteiger partial charge is 0 e. The first kappa shape index (κ1) is 22.1. The number of carbonyl (C=O) groups is 1. The summed E-state index contributed by atoms with van der Waals surface area (Å²) in [6.07, 6.45) is 1.83. The van der Waals surface area contributed by atoms with Crippen LogP contribution in [0.5, 0.6) is 0 Å². The van der Waals surface area contributed by atoms with Crippen molar-refractivity contribution in [2.24, 2.45) is 0 Å². The number of ether oxygens (including phenoxy) is 1. The van der Waals surface area contributed by atoms with Gasteiger partial charge in [0.05, 0.1) is 7.11 Å². The Bertz CT molecular complexity index is 589. The van der Waals surface area contributed by atoms with Crippen LogP contribution in [0.2, 0.25) is 0 Å². The van der Waals surface area contributed by atoms with Gasteiger partial charge in [-0.2, -0.15) is 12.1 Å². The Morgan fingerprint density at radius 2 is 1.55 bits per heavy atom. The van der Waals surface area contributed by atoms with Gasteiger partial charge in [0.1, 0.15) is 0 Å². The zero-order chi connectivity index (χ0) is 16.1. The Balaban J connectivity index is 0. The first-order valence-corrected chi connectivity index (χ1v) is 5.79. The molecule has 0 bridgehead atoms. The molecule has 0 spiro atoms. The third-order valence-electron chi connectivity index (χ3n) is 2.49. The maximum atomic E-state index is 11.7. The predicted octanol–water partition coefficient (Wildman–Crippen LogP) is 3.04. The van der Waals surface area contributed by atoms with Gasteiger partial charge in [0.25, 0.3) is 5.97 Å². The molecule has 0 radical (unpaired) electrons. The fourth-order valence-corrected chi connectivity index (χ4v) is 1.64. The quantitative estimate of drug-likeness (QED) is 0.284. The van der Waals surface area contributed by atoms with Gasteiger partial charge >= 0.3 is 22.6 Å². The van der Waals surface area contributed by atoms with E-state index < -0.39 is 0 Å². The number of hydrogen-bond acceptors (Lipinski definition) is 2. The van der Waals surface area contributed by atoms with Crippen LogP contribution in [0, 0.1) is 13.3 Å². The van der Waals surface area contributed by atoms with Crippen molar-refractivity contribution in [3.8, 4) is 0 Å². The summed E-state index contributed by atoms with van der Waals surface area (Å²) in [7, 11) is 1.39. The first-order valence-electron chi connectivity index (χ1n) is 5.79. The van der Waals surface area contributed by atoms with Crippen molar-refractivity contribution in [1.29, 1.82) is 0 Å². The summed E-state index contributed by atoms with van der Waals surface area (Å²) in [5.74, 6) is -0.319. The standard InChI is InChI=1S/C15H13O2.2CO.Fe/c1-17-15(16)14(13-9-5-6-10-13)11-12-7-3-2-4-8-12;2*1-2;/h2-11H,1H3;;;/q-1;;;/b14-11-;;;. The molecule has 0 aliphatic carbocycles. The van der Waals surface area contributed by atoms with Crippen LogP contribution in [-0.2, 0) is 35.9 Å². The van der Waals surface area contributed by atoms with Gasteiger partial charge in [-0.15, -0.1) is 18.2 Å². The molecule has 0 atom stereocenters. The molecule has 0 unspecified atom stereocenters. The molecule has 22 heavy (non-hydrogen) atoms. The molecule has 4 nitrogen and oxygen atoms in total. The summed E-state index contributed by atoms with van der Waals surface area (Å²) in [5, 5.41) is 0. The summed E-state index contributed by atoms with van der Waals surface area (Å²) in [6.45, 7) is 9.00. The van der Waals surface area contributed by atoms with Crippen molar-refractivity contribution in [3.05, 3.63) is 79.0 Å². The van der Waals surface area contributed by atoms with Crippen LogP contribution in [0.15, 0.2) is 54.6 Å². The Morgan fingerprint density at radius 3 is 2.00 bits per heavy atom. The fraction of sp³-hybridized carbons (Fsp3) is 0.0588. The van der Waals surface area contributed by atoms with E-state index in [1.165, 1.54) is 7.11 Å². The zero-order valence-corrected chi connectivity index (χ0v) is 12.9. The van der Waals surface area contributed by atoms with Crippen molar-refractivity contribution >= 4 is 17.6 Å². The van der Waals surface area contributed by atoms with Gasteiger partial charge in [-0.3, -0.25) is 4.79 Å². The minimum atomic E-state index is -0.319. The zero-order valence-electron chi connectivity index (χ0n) is 11.8. The second-order valence-electron chi connectivity index (χ2n) is 3.63. The molecule has 0 aromatic heterocycles. The van der Waals surface area contributed by atoms with Crippen molar-refractivity contribution < 1.29 is 35.9 Å². The van der Waals surface area contributed by atoms with Gasteiger partial charge in [0, 0.05) is 17.1 Å². The van der Waals surface area contributed by atoms with E-state index in [1.54, 1.807) is 0 Å². The summed E-state index contributed by atoms with van der Waals surface area (Å²) in [6, 6.07) is 17.3. The largest absolute Gasteiger partial charge is 0 e. The molecule has 0 saturated heterocycles. The molecule has 0 fully saturated rings. The second kappa shape index (κ2) is 13.7. The Morgan fingerprint density at radius 1 is 1.05 bits per heavy atom. The van der Waals surface area contributed by atoms with E-state index in [4.69, 9.17) is 14.0 Å². The third kappa shape index (κ3) is 6.98. The van der Waals surface area contributed by atoms with Crippen molar-refractivity contribution in [3.63, 3.8) is 0 Å². The predicted molar refractivity (Wildman–Crippen MR) is 76.2 cm³/mol. The van der Waals surface area contributed by atoms with E-state index in [9.17, 15) is 4.79 Å². The van der Waals surface area contributed by atoms with Crippen LogP contribution >= 0.6 is 0 Å². The molecule has 2 aromatic rings. The molecule has 114 valence electrons. The topological polar surface area (TPSA) is 66.1 Å². The number of esters is 1. The number of rotatable bonds is 3. The van der Waals surface area contributed by atoms with E-state index >= 15 is 0 Å². The number of methoxy groups -OCH3 is 1. The molecule has 0 heterocycles. The average Bonchev–Trinajstić information content (AvgIpc) is 3.11. The summed E-state index contributed by atoms with van der Waals surface area (Å²) in [4.78, 5) is 11.7. The molecule has 0 aliphatic rings. The Hall–Kier alpha value is -2.22. The number of benzene rings is 1. The van der Waals surface area contributed by atoms with E-state index in [0.717, 1.165) is 11.1 Å². The van der Waals surface area contributed by atoms with E-state index in [0.29, 0.717) is 5.57 Å². The molecule has 0 aliphatic heterocycles. The summed E-state index contributed by atoms with van der Waals surface area (Å²) >= 11 is 0. The molecule has 5 heteroatoms. The van der Waals surface area contributed by atoms with Gasteiger partial charge < -0.3 is 4.74 Å². The first-order chi connectivity index (χ1) is 10.3. The van der Waals surface area contributed by atoms with Crippen molar-refractivity contribution in [1.82, 2.24) is 0 Å². The normalized spacial score (nSPS) is 8.86. The Labute approximate surface area is 140 Å². The van der Waals surface area contributed by atoms with Crippen molar-refractivity contribution in [2.75, 3.05) is 7.11 Å². The van der Waals surface area contributed by atoms with Gasteiger partial charge in [-0.25, -0.2) is 0 Å². The molecule has 0 saturated carbocycles. The number of hydrogen-bond donors (Lipinski definition) is 0. The second-order valence-corrected chi connectivity index (χ2v) is 3.63. The van der Waals surface area contributed by atoms with E-state index in [-0.39, 0.29) is 23.0 Å². The van der Waals surface area contributed by atoms with Crippen LogP contribution in [0.25, 0.3) is 11.6 Å². The molecule has 0 amide bonds. The number of carbonyl (C=O) groups excluding carboxylic acids is 1. The van der Waals surface area contributed by atoms with Crippen LogP contribution < -0.4 is 0 Å². The van der Waals surface area contributed by atoms with Gasteiger partial charge in [0.15, 0.2) is 0 Å². The molecule has 2 aromatic carbocycles. The Kier molecular flexibility index (Phi) is 13.8. The molecular weight excluding hydrogens is 324 g/mol. The summed E-state index contributed by atoms with van der Waals surface area (Å²) in [5.41, 5.74) is 2.43. The fourth-order valence-electron chi connectivity index (χ4n) is 1.64. The molecule has 2 rings (SSSR count). The molecular formula is C17H13FeO4-. The maximum absolute atomic E-state index is 11.7.